The van der Waals surface area contributed by atoms with Gasteiger partial charge in [-0.2, -0.15) is 18.4 Å². The predicted octanol–water partition coefficient (Wildman–Crippen LogP) is 2.77. The maximum Gasteiger partial charge on any atom is 0.416 e. The van der Waals surface area contributed by atoms with Gasteiger partial charge < -0.3 is 10.6 Å². The number of piperazine rings is 1. The summed E-state index contributed by atoms with van der Waals surface area (Å²) in [5.74, 6) is 1.20. The molecule has 6 nitrogen and oxygen atoms in total. The van der Waals surface area contributed by atoms with E-state index in [4.69, 9.17) is 5.73 Å². The Morgan fingerprint density at radius 2 is 1.74 bits per heavy atom. The molecule has 1 aliphatic rings. The highest BCUT2D eigenvalue weighted by Crippen LogP contribution is 2.31. The Morgan fingerprint density at radius 1 is 1.11 bits per heavy atom. The molecule has 0 aliphatic carbocycles. The van der Waals surface area contributed by atoms with Crippen LogP contribution in [0.5, 0.6) is 0 Å². The van der Waals surface area contributed by atoms with E-state index in [0.717, 1.165) is 23.5 Å². The molecule has 2 N–H and O–H groups in total. The van der Waals surface area contributed by atoms with Gasteiger partial charge in [-0.3, -0.25) is 4.90 Å². The van der Waals surface area contributed by atoms with Crippen molar-refractivity contribution in [3.63, 3.8) is 0 Å². The first-order valence-corrected chi connectivity index (χ1v) is 8.44. The van der Waals surface area contributed by atoms with Gasteiger partial charge in [-0.25, -0.2) is 9.97 Å². The normalized spacial score (nSPS) is 16.8. The van der Waals surface area contributed by atoms with E-state index in [2.05, 4.69) is 20.9 Å². The first kappa shape index (κ1) is 18.9. The third-order valence-corrected chi connectivity index (χ3v) is 4.75. The smallest absolute Gasteiger partial charge is 0.383 e. The van der Waals surface area contributed by atoms with Gasteiger partial charge in [0.25, 0.3) is 0 Å². The number of nitrogens with two attached hydrogens (primary N) is 1. The summed E-state index contributed by atoms with van der Waals surface area (Å²) in [4.78, 5) is 12.3. The maximum atomic E-state index is 12.7. The highest BCUT2D eigenvalue weighted by Gasteiger charge is 2.31. The fourth-order valence-electron chi connectivity index (χ4n) is 3.19. The van der Waals surface area contributed by atoms with Crippen LogP contribution in [0.3, 0.4) is 0 Å². The summed E-state index contributed by atoms with van der Waals surface area (Å²) < 4.78 is 38.2. The van der Waals surface area contributed by atoms with Crippen LogP contribution >= 0.6 is 0 Å². The molecular formula is C18H19F3N6. The van der Waals surface area contributed by atoms with Crippen molar-refractivity contribution in [2.75, 3.05) is 36.8 Å². The van der Waals surface area contributed by atoms with E-state index < -0.39 is 17.8 Å². The van der Waals surface area contributed by atoms with Crippen molar-refractivity contribution in [2.24, 2.45) is 0 Å². The van der Waals surface area contributed by atoms with Crippen LogP contribution in [0, 0.1) is 18.3 Å². The lowest BCUT2D eigenvalue weighted by Crippen LogP contribution is -2.48. The molecule has 1 aromatic carbocycles. The number of benzene rings is 1. The zero-order chi connectivity index (χ0) is 19.6. The van der Waals surface area contributed by atoms with Crippen LogP contribution < -0.4 is 10.6 Å². The summed E-state index contributed by atoms with van der Waals surface area (Å²) in [5.41, 5.74) is 6.48. The lowest BCUT2D eigenvalue weighted by Gasteiger charge is -2.38. The Balaban J connectivity index is 1.70. The van der Waals surface area contributed by atoms with Crippen molar-refractivity contribution in [1.82, 2.24) is 14.9 Å². The van der Waals surface area contributed by atoms with Gasteiger partial charge in [0.2, 0.25) is 0 Å². The van der Waals surface area contributed by atoms with Gasteiger partial charge in [-0.1, -0.05) is 12.1 Å². The molecule has 1 aromatic heterocycles. The van der Waals surface area contributed by atoms with Crippen molar-refractivity contribution in [3.05, 3.63) is 47.3 Å². The predicted molar refractivity (Wildman–Crippen MR) is 94.8 cm³/mol. The van der Waals surface area contributed by atoms with Crippen molar-refractivity contribution in [3.8, 4) is 6.07 Å². The first-order valence-electron chi connectivity index (χ1n) is 8.44. The molecule has 0 amide bonds. The SMILES string of the molecule is Cc1c(N)ncnc1N1CCN(C(C#N)c2ccc(C(F)(F)F)cc2)CC1. The third kappa shape index (κ3) is 3.95. The van der Waals surface area contributed by atoms with Gasteiger partial charge in [-0.05, 0) is 24.6 Å². The molecule has 1 fully saturated rings. The number of nitriles is 1. The van der Waals surface area contributed by atoms with Crippen LogP contribution in [0.25, 0.3) is 0 Å². The number of anilines is 2. The van der Waals surface area contributed by atoms with Gasteiger partial charge in [0.1, 0.15) is 24.0 Å². The summed E-state index contributed by atoms with van der Waals surface area (Å²) in [6.45, 7) is 4.30. The van der Waals surface area contributed by atoms with Crippen molar-refractivity contribution in [1.29, 1.82) is 5.26 Å². The van der Waals surface area contributed by atoms with Crippen molar-refractivity contribution in [2.45, 2.75) is 19.1 Å². The van der Waals surface area contributed by atoms with Crippen LogP contribution in [0.15, 0.2) is 30.6 Å². The van der Waals surface area contributed by atoms with Gasteiger partial charge >= 0.3 is 6.18 Å². The molecule has 0 spiro atoms. The fraction of sp³-hybridized carbons (Fsp3) is 0.389. The average molecular weight is 376 g/mol. The van der Waals surface area contributed by atoms with Crippen LogP contribution in [-0.4, -0.2) is 41.0 Å². The summed E-state index contributed by atoms with van der Waals surface area (Å²) >= 11 is 0. The summed E-state index contributed by atoms with van der Waals surface area (Å²) in [7, 11) is 0. The molecule has 2 heterocycles. The Bertz CT molecular complexity index is 836. The third-order valence-electron chi connectivity index (χ3n) is 4.75. The van der Waals surface area contributed by atoms with Crippen molar-refractivity contribution >= 4 is 11.6 Å². The zero-order valence-corrected chi connectivity index (χ0v) is 14.7. The molecule has 27 heavy (non-hydrogen) atoms. The minimum absolute atomic E-state index is 0.432. The largest absolute Gasteiger partial charge is 0.416 e. The van der Waals surface area contributed by atoms with E-state index in [0.29, 0.717) is 37.6 Å². The Morgan fingerprint density at radius 3 is 2.30 bits per heavy atom. The van der Waals surface area contributed by atoms with Crippen LogP contribution in [-0.2, 0) is 6.18 Å². The number of rotatable bonds is 3. The number of alkyl halides is 3. The van der Waals surface area contributed by atoms with E-state index in [1.165, 1.54) is 18.5 Å². The van der Waals surface area contributed by atoms with E-state index in [1.807, 2.05) is 11.8 Å². The lowest BCUT2D eigenvalue weighted by molar-refractivity contribution is -0.137. The van der Waals surface area contributed by atoms with Gasteiger partial charge in [-0.15, -0.1) is 0 Å². The Hall–Kier alpha value is -2.86. The van der Waals surface area contributed by atoms with Crippen LogP contribution in [0.2, 0.25) is 0 Å². The topological polar surface area (TPSA) is 82.1 Å². The summed E-state index contributed by atoms with van der Waals surface area (Å²) in [5, 5.41) is 9.56. The van der Waals surface area contributed by atoms with Crippen molar-refractivity contribution < 1.29 is 13.2 Å². The summed E-state index contributed by atoms with van der Waals surface area (Å²) in [6, 6.07) is 6.39. The molecule has 1 unspecified atom stereocenters. The van der Waals surface area contributed by atoms with Gasteiger partial charge in [0.05, 0.1) is 11.6 Å². The second kappa shape index (κ2) is 7.40. The number of halogens is 3. The number of aromatic nitrogens is 2. The molecule has 0 bridgehead atoms. The minimum Gasteiger partial charge on any atom is -0.383 e. The molecule has 0 saturated carbocycles. The molecule has 1 aliphatic heterocycles. The second-order valence-electron chi connectivity index (χ2n) is 6.38. The van der Waals surface area contributed by atoms with Crippen LogP contribution in [0.1, 0.15) is 22.7 Å². The van der Waals surface area contributed by atoms with E-state index in [1.54, 1.807) is 0 Å². The quantitative estimate of drug-likeness (QED) is 0.887. The Labute approximate surface area is 155 Å². The van der Waals surface area contributed by atoms with E-state index in [-0.39, 0.29) is 0 Å². The number of nitrogens with zero attached hydrogens (tertiary/aromatic N) is 5. The van der Waals surface area contributed by atoms with Gasteiger partial charge in [0.15, 0.2) is 0 Å². The first-order chi connectivity index (χ1) is 12.8. The molecule has 2 aromatic rings. The molecule has 1 atom stereocenters. The summed E-state index contributed by atoms with van der Waals surface area (Å²) in [6.07, 6.45) is -2.96. The molecule has 3 rings (SSSR count). The number of hydrogen-bond donors (Lipinski definition) is 1. The molecular weight excluding hydrogens is 357 g/mol. The molecule has 142 valence electrons. The fourth-order valence-corrected chi connectivity index (χ4v) is 3.19. The zero-order valence-electron chi connectivity index (χ0n) is 14.7. The van der Waals surface area contributed by atoms with Crippen LogP contribution in [0.4, 0.5) is 24.8 Å². The highest BCUT2D eigenvalue weighted by atomic mass is 19.4. The van der Waals surface area contributed by atoms with E-state index >= 15 is 0 Å². The maximum absolute atomic E-state index is 12.7. The standard InChI is InChI=1S/C18H19F3N6/c1-12-16(23)24-11-25-17(12)27-8-6-26(7-9-27)15(10-22)13-2-4-14(5-3-13)18(19,20)21/h2-5,11,15H,6-9H2,1H3,(H2,23,24,25). The van der Waals surface area contributed by atoms with E-state index in [9.17, 15) is 18.4 Å². The minimum atomic E-state index is -4.39. The Kier molecular flexibility index (Phi) is 5.19. The number of hydrogen-bond acceptors (Lipinski definition) is 6. The monoisotopic (exact) mass is 376 g/mol. The second-order valence-corrected chi connectivity index (χ2v) is 6.38. The lowest BCUT2D eigenvalue weighted by atomic mass is 10.0. The average Bonchev–Trinajstić information content (AvgIpc) is 2.65. The highest BCUT2D eigenvalue weighted by molar-refractivity contribution is 5.55. The number of nitrogen functional groups attached to an aromatic ring is 1. The molecule has 9 heteroatoms. The van der Waals surface area contributed by atoms with Gasteiger partial charge in [0, 0.05) is 31.7 Å². The molecule has 0 radical (unpaired) electrons. The molecule has 1 saturated heterocycles.